The first-order chi connectivity index (χ1) is 12.4. The molecule has 1 aliphatic carbocycles. The number of carbonyl (C=O) groups is 2. The molecule has 0 heterocycles. The lowest BCUT2D eigenvalue weighted by Crippen LogP contribution is -2.20. The number of benzene rings is 2. The molecule has 0 aliphatic heterocycles. The first kappa shape index (κ1) is 18.8. The minimum atomic E-state index is -2.86. The number of nitrogens with zero attached hydrogens (tertiary/aromatic N) is 6. The largest absolute Gasteiger partial charge is 0.750 e. The Labute approximate surface area is 147 Å². The Morgan fingerprint density at radius 2 is 1.46 bits per heavy atom. The molecule has 3 rings (SSSR count). The summed E-state index contributed by atoms with van der Waals surface area (Å²) in [6.45, 7) is 0. The fourth-order valence-corrected chi connectivity index (χ4v) is 2.43. The molecule has 0 radical (unpaired) electrons. The van der Waals surface area contributed by atoms with E-state index in [1.54, 1.807) is 18.2 Å². The van der Waals surface area contributed by atoms with Crippen molar-refractivity contribution in [2.75, 3.05) is 0 Å². The van der Waals surface area contributed by atoms with Crippen molar-refractivity contribution in [2.24, 2.45) is 10.2 Å². The third-order valence-electron chi connectivity index (χ3n) is 3.34. The highest BCUT2D eigenvalue weighted by atomic mass is 32.2. The number of hydrogen-bond donors (Lipinski definition) is 1. The van der Waals surface area contributed by atoms with Crippen LogP contribution >= 0.6 is 0 Å². The van der Waals surface area contributed by atoms with Gasteiger partial charge in [-0.3, -0.25) is 9.59 Å². The summed E-state index contributed by atoms with van der Waals surface area (Å²) < 4.78 is 24.1. The smallest absolute Gasteiger partial charge is 0.194 e. The van der Waals surface area contributed by atoms with Crippen LogP contribution < -0.4 is 0 Å². The first-order valence-electron chi connectivity index (χ1n) is 6.66. The summed E-state index contributed by atoms with van der Waals surface area (Å²) >= 11 is -2.86. The van der Waals surface area contributed by atoms with Gasteiger partial charge in [-0.15, -0.1) is 0 Å². The van der Waals surface area contributed by atoms with Crippen molar-refractivity contribution in [2.45, 2.75) is 0 Å². The Morgan fingerprint density at radius 1 is 0.923 bits per heavy atom. The summed E-state index contributed by atoms with van der Waals surface area (Å²) in [7, 11) is 0. The van der Waals surface area contributed by atoms with Crippen molar-refractivity contribution < 1.29 is 22.9 Å². The number of ketones is 2. The second-order valence-corrected chi connectivity index (χ2v) is 5.09. The molecule has 130 valence electrons. The minimum Gasteiger partial charge on any atom is -0.750 e. The van der Waals surface area contributed by atoms with Gasteiger partial charge in [0.25, 0.3) is 0 Å². The molecule has 0 aromatic heterocycles. The van der Waals surface area contributed by atoms with E-state index in [1.807, 2.05) is 0 Å². The molecular weight excluding hydrogens is 364 g/mol. The lowest BCUT2D eigenvalue weighted by molar-refractivity contribution is 0.0979. The van der Waals surface area contributed by atoms with E-state index in [0.29, 0.717) is 5.56 Å². The number of rotatable bonds is 2. The van der Waals surface area contributed by atoms with Gasteiger partial charge < -0.3 is 9.11 Å². The molecule has 1 aliphatic rings. The highest BCUT2D eigenvalue weighted by Crippen LogP contribution is 2.39. The summed E-state index contributed by atoms with van der Waals surface area (Å²) in [5.41, 5.74) is 17.7. The van der Waals surface area contributed by atoms with Crippen molar-refractivity contribution in [1.82, 2.24) is 0 Å². The maximum Gasteiger partial charge on any atom is 0.194 e. The third kappa shape index (κ3) is 3.59. The van der Waals surface area contributed by atoms with E-state index in [4.69, 9.17) is 24.4 Å². The molecule has 2 aromatic rings. The van der Waals surface area contributed by atoms with Crippen LogP contribution in [0.25, 0.3) is 20.9 Å². The zero-order chi connectivity index (χ0) is 19.3. The Balaban J connectivity index is 0.000000552. The van der Waals surface area contributed by atoms with Gasteiger partial charge in [0.15, 0.2) is 11.6 Å². The van der Waals surface area contributed by atoms with Crippen LogP contribution in [0.3, 0.4) is 0 Å². The molecule has 0 spiro atoms. The second-order valence-electron chi connectivity index (χ2n) is 4.66. The van der Waals surface area contributed by atoms with Gasteiger partial charge in [0.2, 0.25) is 0 Å². The van der Waals surface area contributed by atoms with Crippen LogP contribution in [0, 0.1) is 0 Å². The fraction of sp³-hybridized carbons (Fsp3) is 0. The van der Waals surface area contributed by atoms with E-state index >= 15 is 0 Å². The van der Waals surface area contributed by atoms with Gasteiger partial charge in [-0.25, -0.2) is 4.21 Å². The fourth-order valence-electron chi connectivity index (χ4n) is 2.43. The SMILES string of the molecule is O=S([O-])O.[N-]=[N+]=Nc1ccc2c(c1N=[N+]=[N-])C(=O)c1ccccc1C2=O. The predicted octanol–water partition coefficient (Wildman–Crippen LogP) is 3.68. The average molecular weight is 371 g/mol. The molecule has 0 bridgehead atoms. The molecule has 11 nitrogen and oxygen atoms in total. The van der Waals surface area contributed by atoms with E-state index in [2.05, 4.69) is 20.1 Å². The number of fused-ring (bicyclic) bond motifs is 2. The second kappa shape index (κ2) is 8.03. The molecular formula is C14H7N6O5S-. The van der Waals surface area contributed by atoms with E-state index in [9.17, 15) is 9.59 Å². The van der Waals surface area contributed by atoms with Crippen LogP contribution in [0.4, 0.5) is 11.4 Å². The Bertz CT molecular complexity index is 1040. The van der Waals surface area contributed by atoms with Crippen molar-refractivity contribution in [3.8, 4) is 0 Å². The van der Waals surface area contributed by atoms with Crippen LogP contribution in [-0.2, 0) is 11.4 Å². The molecule has 0 amide bonds. The van der Waals surface area contributed by atoms with Crippen molar-refractivity contribution in [3.63, 3.8) is 0 Å². The van der Waals surface area contributed by atoms with Gasteiger partial charge >= 0.3 is 0 Å². The zero-order valence-corrected chi connectivity index (χ0v) is 13.5. The summed E-state index contributed by atoms with van der Waals surface area (Å²) in [4.78, 5) is 30.4. The molecule has 1 N–H and O–H groups in total. The summed E-state index contributed by atoms with van der Waals surface area (Å²) in [6, 6.07) is 9.14. The van der Waals surface area contributed by atoms with Crippen LogP contribution in [0.5, 0.6) is 0 Å². The van der Waals surface area contributed by atoms with Crippen LogP contribution in [0.15, 0.2) is 46.6 Å². The predicted molar refractivity (Wildman–Crippen MR) is 88.9 cm³/mol. The molecule has 0 fully saturated rings. The van der Waals surface area contributed by atoms with Crippen LogP contribution in [-0.4, -0.2) is 24.9 Å². The highest BCUT2D eigenvalue weighted by Gasteiger charge is 2.31. The van der Waals surface area contributed by atoms with E-state index in [0.717, 1.165) is 0 Å². The monoisotopic (exact) mass is 371 g/mol. The van der Waals surface area contributed by atoms with Crippen molar-refractivity contribution in [1.29, 1.82) is 0 Å². The molecule has 2 aromatic carbocycles. The molecule has 0 saturated heterocycles. The number of hydrogen-bond acceptors (Lipinski definition) is 6. The number of azide groups is 2. The molecule has 26 heavy (non-hydrogen) atoms. The maximum atomic E-state index is 12.6. The quantitative estimate of drug-likeness (QED) is 0.310. The van der Waals surface area contributed by atoms with Gasteiger partial charge in [-0.1, -0.05) is 40.6 Å². The van der Waals surface area contributed by atoms with E-state index in [1.165, 1.54) is 18.2 Å². The highest BCUT2D eigenvalue weighted by molar-refractivity contribution is 7.73. The Morgan fingerprint density at radius 3 is 2.00 bits per heavy atom. The summed E-state index contributed by atoms with van der Waals surface area (Å²) in [5, 5.41) is 6.84. The van der Waals surface area contributed by atoms with Gasteiger partial charge in [-0.05, 0) is 17.1 Å². The number of carbonyl (C=O) groups excluding carboxylic acids is 2. The average Bonchev–Trinajstić information content (AvgIpc) is 2.61. The molecule has 1 unspecified atom stereocenters. The van der Waals surface area contributed by atoms with Gasteiger partial charge in [0, 0.05) is 37.8 Å². The lowest BCUT2D eigenvalue weighted by atomic mass is 9.83. The van der Waals surface area contributed by atoms with Crippen molar-refractivity contribution >= 4 is 34.3 Å². The maximum absolute atomic E-state index is 12.6. The standard InChI is InChI=1S/C14H6N6O2.H2O3S/c15-19-17-10-6-5-9-11(12(10)18-20-16)14(22)8-4-2-1-3-7(8)13(9)21;1-4(2)3/h1-6H;(H2,1,2,3)/p-1. The van der Waals surface area contributed by atoms with E-state index in [-0.39, 0.29) is 33.8 Å². The van der Waals surface area contributed by atoms with Crippen LogP contribution in [0.2, 0.25) is 0 Å². The summed E-state index contributed by atoms with van der Waals surface area (Å²) in [6.07, 6.45) is 0. The molecule has 0 saturated carbocycles. The van der Waals surface area contributed by atoms with E-state index < -0.39 is 17.1 Å². The molecule has 12 heteroatoms. The van der Waals surface area contributed by atoms with Gasteiger partial charge in [-0.2, -0.15) is 0 Å². The minimum absolute atomic E-state index is 0.000388. The Hall–Kier alpha value is -3.53. The summed E-state index contributed by atoms with van der Waals surface area (Å²) in [5.74, 6) is -0.783. The Kier molecular flexibility index (Phi) is 5.81. The van der Waals surface area contributed by atoms with Gasteiger partial charge in [0.05, 0.1) is 17.0 Å². The van der Waals surface area contributed by atoms with Gasteiger partial charge in [0.1, 0.15) is 0 Å². The normalized spacial score (nSPS) is 12.4. The first-order valence-corrected chi connectivity index (χ1v) is 7.69. The lowest BCUT2D eigenvalue weighted by Gasteiger charge is -2.19. The molecule has 1 atom stereocenters. The third-order valence-corrected chi connectivity index (χ3v) is 3.34. The van der Waals surface area contributed by atoms with Crippen LogP contribution in [0.1, 0.15) is 31.8 Å². The van der Waals surface area contributed by atoms with Crippen molar-refractivity contribution in [3.05, 3.63) is 79.5 Å². The topological polar surface area (TPSA) is 192 Å². The zero-order valence-electron chi connectivity index (χ0n) is 12.6.